The summed E-state index contributed by atoms with van der Waals surface area (Å²) in [5.74, 6) is 0.350. The zero-order valence-corrected chi connectivity index (χ0v) is 12.4. The van der Waals surface area contributed by atoms with Gasteiger partial charge in [0.25, 0.3) is 0 Å². The smallest absolute Gasteiger partial charge is 0.339 e. The SMILES string of the molecule is COc1ccc(CN(C)Cc2nccn2C)cc1C(=O)O. The van der Waals surface area contributed by atoms with Crippen LogP contribution in [-0.4, -0.2) is 39.7 Å². The number of carboxylic acids is 1. The Morgan fingerprint density at radius 1 is 1.43 bits per heavy atom. The molecule has 0 aliphatic carbocycles. The Morgan fingerprint density at radius 2 is 2.19 bits per heavy atom. The predicted molar refractivity (Wildman–Crippen MR) is 78.3 cm³/mol. The van der Waals surface area contributed by atoms with Crippen molar-refractivity contribution < 1.29 is 14.6 Å². The number of hydrogen-bond donors (Lipinski definition) is 1. The van der Waals surface area contributed by atoms with E-state index < -0.39 is 5.97 Å². The molecule has 0 atom stereocenters. The van der Waals surface area contributed by atoms with E-state index in [-0.39, 0.29) is 5.56 Å². The fourth-order valence-electron chi connectivity index (χ4n) is 2.18. The summed E-state index contributed by atoms with van der Waals surface area (Å²) in [7, 11) is 5.39. The minimum absolute atomic E-state index is 0.181. The van der Waals surface area contributed by atoms with Gasteiger partial charge in [0, 0.05) is 26.0 Å². The third-order valence-electron chi connectivity index (χ3n) is 3.28. The van der Waals surface area contributed by atoms with E-state index in [0.717, 1.165) is 11.4 Å². The lowest BCUT2D eigenvalue weighted by atomic mass is 10.1. The summed E-state index contributed by atoms with van der Waals surface area (Å²) in [6.07, 6.45) is 3.66. The van der Waals surface area contributed by atoms with E-state index in [2.05, 4.69) is 9.88 Å². The highest BCUT2D eigenvalue weighted by atomic mass is 16.5. The Bertz CT molecular complexity index is 637. The largest absolute Gasteiger partial charge is 0.496 e. The maximum absolute atomic E-state index is 11.2. The highest BCUT2D eigenvalue weighted by Gasteiger charge is 2.13. The fraction of sp³-hybridized carbons (Fsp3) is 0.333. The van der Waals surface area contributed by atoms with Crippen molar-refractivity contribution >= 4 is 5.97 Å². The molecule has 112 valence electrons. The first-order chi connectivity index (χ1) is 10.0. The third kappa shape index (κ3) is 3.61. The quantitative estimate of drug-likeness (QED) is 0.877. The van der Waals surface area contributed by atoms with Crippen LogP contribution in [0.2, 0.25) is 0 Å². The second-order valence-electron chi connectivity index (χ2n) is 4.97. The summed E-state index contributed by atoms with van der Waals surface area (Å²) in [5, 5.41) is 9.19. The first-order valence-corrected chi connectivity index (χ1v) is 6.56. The Morgan fingerprint density at radius 3 is 2.76 bits per heavy atom. The number of aryl methyl sites for hydroxylation is 1. The van der Waals surface area contributed by atoms with Gasteiger partial charge < -0.3 is 14.4 Å². The molecule has 1 heterocycles. The van der Waals surface area contributed by atoms with Crippen molar-refractivity contribution in [2.75, 3.05) is 14.2 Å². The van der Waals surface area contributed by atoms with Crippen molar-refractivity contribution in [2.45, 2.75) is 13.1 Å². The molecule has 1 N–H and O–H groups in total. The number of carboxylic acid groups (broad SMARTS) is 1. The highest BCUT2D eigenvalue weighted by molar-refractivity contribution is 5.91. The van der Waals surface area contributed by atoms with E-state index in [0.29, 0.717) is 18.8 Å². The molecule has 0 aliphatic heterocycles. The number of ether oxygens (including phenoxy) is 1. The van der Waals surface area contributed by atoms with Crippen LogP contribution in [0.15, 0.2) is 30.6 Å². The monoisotopic (exact) mass is 289 g/mol. The van der Waals surface area contributed by atoms with Crippen LogP contribution in [0.25, 0.3) is 0 Å². The summed E-state index contributed by atoms with van der Waals surface area (Å²) in [4.78, 5) is 17.6. The minimum Gasteiger partial charge on any atom is -0.496 e. The summed E-state index contributed by atoms with van der Waals surface area (Å²) < 4.78 is 7.03. The molecular formula is C15H19N3O3. The molecule has 0 amide bonds. The number of benzene rings is 1. The van der Waals surface area contributed by atoms with Crippen molar-refractivity contribution in [1.82, 2.24) is 14.5 Å². The van der Waals surface area contributed by atoms with Gasteiger partial charge in [-0.25, -0.2) is 9.78 Å². The van der Waals surface area contributed by atoms with Gasteiger partial charge in [-0.3, -0.25) is 4.90 Å². The highest BCUT2D eigenvalue weighted by Crippen LogP contribution is 2.20. The third-order valence-corrected chi connectivity index (χ3v) is 3.28. The molecule has 0 bridgehead atoms. The van der Waals surface area contributed by atoms with E-state index in [9.17, 15) is 9.90 Å². The van der Waals surface area contributed by atoms with Gasteiger partial charge in [-0.15, -0.1) is 0 Å². The lowest BCUT2D eigenvalue weighted by Crippen LogP contribution is -2.19. The number of aromatic carboxylic acids is 1. The van der Waals surface area contributed by atoms with Gasteiger partial charge in [0.15, 0.2) is 0 Å². The number of rotatable bonds is 6. The van der Waals surface area contributed by atoms with Gasteiger partial charge in [-0.1, -0.05) is 6.07 Å². The molecule has 0 spiro atoms. The lowest BCUT2D eigenvalue weighted by Gasteiger charge is -2.17. The summed E-state index contributed by atoms with van der Waals surface area (Å²) in [6, 6.07) is 5.21. The molecule has 0 unspecified atom stereocenters. The molecule has 0 saturated carbocycles. The standard InChI is InChI=1S/C15H19N3O3/c1-17(10-14-16-6-7-18(14)2)9-11-4-5-13(21-3)12(8-11)15(19)20/h4-8H,9-10H2,1-3H3,(H,19,20). The van der Waals surface area contributed by atoms with Crippen LogP contribution in [0.5, 0.6) is 5.75 Å². The second-order valence-corrected chi connectivity index (χ2v) is 4.97. The van der Waals surface area contributed by atoms with E-state index in [1.54, 1.807) is 18.3 Å². The lowest BCUT2D eigenvalue weighted by molar-refractivity contribution is 0.0693. The van der Waals surface area contributed by atoms with Gasteiger partial charge in [-0.2, -0.15) is 0 Å². The molecule has 0 saturated heterocycles. The number of aromatic nitrogens is 2. The van der Waals surface area contributed by atoms with Gasteiger partial charge in [0.1, 0.15) is 17.1 Å². The zero-order valence-electron chi connectivity index (χ0n) is 12.4. The van der Waals surface area contributed by atoms with Crippen LogP contribution in [0.4, 0.5) is 0 Å². The average molecular weight is 289 g/mol. The molecule has 1 aromatic heterocycles. The Labute approximate surface area is 123 Å². The summed E-state index contributed by atoms with van der Waals surface area (Å²) in [6.45, 7) is 1.33. The van der Waals surface area contributed by atoms with Crippen molar-refractivity contribution in [3.05, 3.63) is 47.5 Å². The first-order valence-electron chi connectivity index (χ1n) is 6.56. The van der Waals surface area contributed by atoms with Crippen molar-refractivity contribution in [3.63, 3.8) is 0 Å². The maximum Gasteiger partial charge on any atom is 0.339 e. The van der Waals surface area contributed by atoms with Crippen LogP contribution in [0.3, 0.4) is 0 Å². The molecule has 2 rings (SSSR count). The molecule has 6 nitrogen and oxygen atoms in total. The van der Waals surface area contributed by atoms with Crippen molar-refractivity contribution in [2.24, 2.45) is 7.05 Å². The molecule has 0 radical (unpaired) electrons. The average Bonchev–Trinajstić information content (AvgIpc) is 2.84. The normalized spacial score (nSPS) is 10.9. The maximum atomic E-state index is 11.2. The Hall–Kier alpha value is -2.34. The number of hydrogen-bond acceptors (Lipinski definition) is 4. The zero-order chi connectivity index (χ0) is 15.4. The second kappa shape index (κ2) is 6.41. The fourth-order valence-corrected chi connectivity index (χ4v) is 2.18. The topological polar surface area (TPSA) is 67.6 Å². The molecule has 2 aromatic rings. The first kappa shape index (κ1) is 15.1. The van der Waals surface area contributed by atoms with Crippen LogP contribution >= 0.6 is 0 Å². The number of carbonyl (C=O) groups is 1. The van der Waals surface area contributed by atoms with Gasteiger partial charge in [0.2, 0.25) is 0 Å². The van der Waals surface area contributed by atoms with E-state index >= 15 is 0 Å². The molecule has 0 aliphatic rings. The predicted octanol–water partition coefficient (Wildman–Crippen LogP) is 1.76. The Balaban J connectivity index is 2.10. The van der Waals surface area contributed by atoms with Gasteiger partial charge in [-0.05, 0) is 24.7 Å². The molecule has 1 aromatic carbocycles. The van der Waals surface area contributed by atoms with Gasteiger partial charge >= 0.3 is 5.97 Å². The number of nitrogens with zero attached hydrogens (tertiary/aromatic N) is 3. The van der Waals surface area contributed by atoms with E-state index in [1.807, 2.05) is 30.9 Å². The molecule has 0 fully saturated rings. The van der Waals surface area contributed by atoms with Gasteiger partial charge in [0.05, 0.1) is 13.7 Å². The number of imidazole rings is 1. The van der Waals surface area contributed by atoms with Crippen LogP contribution in [-0.2, 0) is 20.1 Å². The summed E-state index contributed by atoms with van der Waals surface area (Å²) >= 11 is 0. The van der Waals surface area contributed by atoms with E-state index in [1.165, 1.54) is 7.11 Å². The van der Waals surface area contributed by atoms with Crippen LogP contribution < -0.4 is 4.74 Å². The summed E-state index contributed by atoms with van der Waals surface area (Å²) in [5.41, 5.74) is 1.10. The van der Waals surface area contributed by atoms with Crippen LogP contribution in [0, 0.1) is 0 Å². The molecular weight excluding hydrogens is 270 g/mol. The molecule has 21 heavy (non-hydrogen) atoms. The Kier molecular flexibility index (Phi) is 4.59. The minimum atomic E-state index is -0.986. The van der Waals surface area contributed by atoms with Crippen molar-refractivity contribution in [1.29, 1.82) is 0 Å². The van der Waals surface area contributed by atoms with Crippen molar-refractivity contribution in [3.8, 4) is 5.75 Å². The van der Waals surface area contributed by atoms with E-state index in [4.69, 9.17) is 4.74 Å². The number of methoxy groups -OCH3 is 1. The van der Waals surface area contributed by atoms with Crippen LogP contribution in [0.1, 0.15) is 21.7 Å². The molecule has 6 heteroatoms.